The average molecular weight is 290 g/mol. The van der Waals surface area contributed by atoms with Crippen LogP contribution in [0.4, 0.5) is 13.2 Å². The van der Waals surface area contributed by atoms with Gasteiger partial charge in [-0.15, -0.1) is 0 Å². The van der Waals surface area contributed by atoms with Crippen LogP contribution in [0, 0.1) is 25.2 Å². The van der Waals surface area contributed by atoms with Crippen LogP contribution < -0.4 is 0 Å². The molecule has 0 aliphatic carbocycles. The van der Waals surface area contributed by atoms with Crippen LogP contribution >= 0.6 is 0 Å². The van der Waals surface area contributed by atoms with Gasteiger partial charge >= 0.3 is 6.18 Å². The second kappa shape index (κ2) is 5.57. The molecule has 1 atom stereocenters. The van der Waals surface area contributed by atoms with Gasteiger partial charge in [0.2, 0.25) is 0 Å². The van der Waals surface area contributed by atoms with Crippen molar-refractivity contribution in [2.24, 2.45) is 0 Å². The molecule has 1 heterocycles. The molecule has 0 bridgehead atoms. The lowest BCUT2D eigenvalue weighted by Gasteiger charge is -2.16. The Kier molecular flexibility index (Phi) is 3.99. The van der Waals surface area contributed by atoms with Crippen molar-refractivity contribution in [2.45, 2.75) is 25.9 Å². The van der Waals surface area contributed by atoms with Crippen LogP contribution in [0.15, 0.2) is 36.5 Å². The number of rotatable bonds is 2. The van der Waals surface area contributed by atoms with E-state index in [4.69, 9.17) is 0 Å². The van der Waals surface area contributed by atoms with Crippen LogP contribution in [0.2, 0.25) is 0 Å². The SMILES string of the molecule is Cc1cccc(C)c1C(C#N)c1cc(C(F)(F)F)ccn1. The summed E-state index contributed by atoms with van der Waals surface area (Å²) in [5, 5.41) is 9.40. The number of benzene rings is 1. The molecule has 1 aromatic carbocycles. The van der Waals surface area contributed by atoms with Crippen molar-refractivity contribution in [1.29, 1.82) is 5.26 Å². The molecule has 2 aromatic rings. The second-order valence-corrected chi connectivity index (χ2v) is 4.83. The molecule has 0 radical (unpaired) electrons. The van der Waals surface area contributed by atoms with Crippen LogP contribution in [0.5, 0.6) is 0 Å². The van der Waals surface area contributed by atoms with E-state index in [-0.39, 0.29) is 5.69 Å². The van der Waals surface area contributed by atoms with E-state index >= 15 is 0 Å². The predicted octanol–water partition coefficient (Wildman–Crippen LogP) is 4.37. The molecule has 108 valence electrons. The fraction of sp³-hybridized carbons (Fsp3) is 0.250. The van der Waals surface area contributed by atoms with Crippen LogP contribution in [-0.4, -0.2) is 4.98 Å². The van der Waals surface area contributed by atoms with Gasteiger partial charge in [-0.25, -0.2) is 0 Å². The highest BCUT2D eigenvalue weighted by Crippen LogP contribution is 2.33. The summed E-state index contributed by atoms with van der Waals surface area (Å²) in [6, 6.07) is 9.43. The summed E-state index contributed by atoms with van der Waals surface area (Å²) in [4.78, 5) is 3.96. The van der Waals surface area contributed by atoms with Crippen molar-refractivity contribution in [2.75, 3.05) is 0 Å². The minimum atomic E-state index is -4.45. The maximum absolute atomic E-state index is 12.8. The first-order valence-corrected chi connectivity index (χ1v) is 6.33. The number of nitrogens with zero attached hydrogens (tertiary/aromatic N) is 2. The summed E-state index contributed by atoms with van der Waals surface area (Å²) in [6.45, 7) is 3.67. The molecule has 1 aromatic heterocycles. The predicted molar refractivity (Wildman–Crippen MR) is 72.6 cm³/mol. The van der Waals surface area contributed by atoms with E-state index in [9.17, 15) is 18.4 Å². The molecular formula is C16H13F3N2. The first-order valence-electron chi connectivity index (χ1n) is 6.33. The minimum absolute atomic E-state index is 0.115. The molecule has 0 saturated heterocycles. The van der Waals surface area contributed by atoms with E-state index < -0.39 is 17.7 Å². The lowest BCUT2D eigenvalue weighted by atomic mass is 9.89. The number of pyridine rings is 1. The summed E-state index contributed by atoms with van der Waals surface area (Å²) >= 11 is 0. The number of alkyl halides is 3. The zero-order valence-electron chi connectivity index (χ0n) is 11.6. The van der Waals surface area contributed by atoms with Crippen molar-refractivity contribution in [3.63, 3.8) is 0 Å². The molecule has 2 rings (SSSR count). The van der Waals surface area contributed by atoms with Gasteiger partial charge in [0.1, 0.15) is 5.92 Å². The van der Waals surface area contributed by atoms with Crippen LogP contribution in [0.3, 0.4) is 0 Å². The largest absolute Gasteiger partial charge is 0.416 e. The van der Waals surface area contributed by atoms with E-state index in [1.54, 1.807) is 0 Å². The van der Waals surface area contributed by atoms with Gasteiger partial charge in [0.05, 0.1) is 17.3 Å². The van der Waals surface area contributed by atoms with Crippen molar-refractivity contribution in [1.82, 2.24) is 4.98 Å². The highest BCUT2D eigenvalue weighted by molar-refractivity contribution is 5.45. The van der Waals surface area contributed by atoms with Gasteiger partial charge in [0.25, 0.3) is 0 Å². The first kappa shape index (κ1) is 15.0. The van der Waals surface area contributed by atoms with E-state index in [2.05, 4.69) is 11.1 Å². The van der Waals surface area contributed by atoms with Crippen LogP contribution in [0.25, 0.3) is 0 Å². The molecule has 0 saturated carbocycles. The summed E-state index contributed by atoms with van der Waals surface area (Å²) in [7, 11) is 0. The second-order valence-electron chi connectivity index (χ2n) is 4.83. The number of aryl methyl sites for hydroxylation is 2. The Hall–Kier alpha value is -2.35. The highest BCUT2D eigenvalue weighted by atomic mass is 19.4. The third kappa shape index (κ3) is 3.05. The van der Waals surface area contributed by atoms with Crippen molar-refractivity contribution in [3.8, 4) is 6.07 Å². The Balaban J connectivity index is 2.56. The van der Waals surface area contributed by atoms with E-state index in [1.807, 2.05) is 32.0 Å². The van der Waals surface area contributed by atoms with Gasteiger partial charge in [-0.05, 0) is 42.7 Å². The van der Waals surface area contributed by atoms with Crippen molar-refractivity contribution in [3.05, 3.63) is 64.5 Å². The lowest BCUT2D eigenvalue weighted by Crippen LogP contribution is -2.10. The van der Waals surface area contributed by atoms with Gasteiger partial charge < -0.3 is 0 Å². The van der Waals surface area contributed by atoms with E-state index in [0.717, 1.165) is 29.5 Å². The highest BCUT2D eigenvalue weighted by Gasteiger charge is 2.32. The zero-order valence-corrected chi connectivity index (χ0v) is 11.6. The topological polar surface area (TPSA) is 36.7 Å². The number of halogens is 3. The fourth-order valence-corrected chi connectivity index (χ4v) is 2.34. The normalized spacial score (nSPS) is 12.8. The third-order valence-corrected chi connectivity index (χ3v) is 3.36. The molecule has 0 N–H and O–H groups in total. The average Bonchev–Trinajstić information content (AvgIpc) is 2.42. The Morgan fingerprint density at radius 2 is 1.76 bits per heavy atom. The molecule has 0 amide bonds. The van der Waals surface area contributed by atoms with E-state index in [1.165, 1.54) is 0 Å². The maximum atomic E-state index is 12.8. The molecule has 0 aliphatic heterocycles. The Bertz CT molecular complexity index is 679. The van der Waals surface area contributed by atoms with Gasteiger partial charge in [-0.3, -0.25) is 4.98 Å². The molecule has 21 heavy (non-hydrogen) atoms. The Labute approximate surface area is 120 Å². The molecule has 0 fully saturated rings. The van der Waals surface area contributed by atoms with Crippen molar-refractivity contribution >= 4 is 0 Å². The molecule has 1 unspecified atom stereocenters. The van der Waals surface area contributed by atoms with Crippen LogP contribution in [-0.2, 0) is 6.18 Å². The third-order valence-electron chi connectivity index (χ3n) is 3.36. The quantitative estimate of drug-likeness (QED) is 0.823. The zero-order chi connectivity index (χ0) is 15.6. The molecular weight excluding hydrogens is 277 g/mol. The van der Waals surface area contributed by atoms with Gasteiger partial charge in [0.15, 0.2) is 0 Å². The lowest BCUT2D eigenvalue weighted by molar-refractivity contribution is -0.137. The first-order chi connectivity index (χ1) is 9.84. The maximum Gasteiger partial charge on any atom is 0.416 e. The molecule has 5 heteroatoms. The molecule has 0 aliphatic rings. The smallest absolute Gasteiger partial charge is 0.260 e. The Morgan fingerprint density at radius 1 is 1.14 bits per heavy atom. The number of hydrogen-bond donors (Lipinski definition) is 0. The molecule has 2 nitrogen and oxygen atoms in total. The standard InChI is InChI=1S/C16H13F3N2/c1-10-4-3-5-11(2)15(10)13(9-20)14-8-12(6-7-21-14)16(17,18)19/h3-8,13H,1-2H3. The number of aromatic nitrogens is 1. The number of hydrogen-bond acceptors (Lipinski definition) is 2. The van der Waals surface area contributed by atoms with Gasteiger partial charge in [-0.2, -0.15) is 18.4 Å². The van der Waals surface area contributed by atoms with E-state index in [0.29, 0.717) is 5.56 Å². The summed E-state index contributed by atoms with van der Waals surface area (Å²) in [5.74, 6) is -0.812. The summed E-state index contributed by atoms with van der Waals surface area (Å²) < 4.78 is 38.4. The van der Waals surface area contributed by atoms with Crippen molar-refractivity contribution < 1.29 is 13.2 Å². The van der Waals surface area contributed by atoms with Gasteiger partial charge in [-0.1, -0.05) is 18.2 Å². The summed E-state index contributed by atoms with van der Waals surface area (Å²) in [6.07, 6.45) is -3.35. The summed E-state index contributed by atoms with van der Waals surface area (Å²) in [5.41, 5.74) is 1.76. The number of nitriles is 1. The minimum Gasteiger partial charge on any atom is -0.260 e. The Morgan fingerprint density at radius 3 is 2.29 bits per heavy atom. The van der Waals surface area contributed by atoms with Gasteiger partial charge in [0, 0.05) is 6.20 Å². The molecule has 0 spiro atoms. The van der Waals surface area contributed by atoms with Crippen LogP contribution in [0.1, 0.15) is 33.9 Å². The fourth-order valence-electron chi connectivity index (χ4n) is 2.34. The monoisotopic (exact) mass is 290 g/mol.